The summed E-state index contributed by atoms with van der Waals surface area (Å²) in [6.45, 7) is 0.701. The lowest BCUT2D eigenvalue weighted by atomic mass is 10.1. The fourth-order valence-electron chi connectivity index (χ4n) is 2.22. The average Bonchev–Trinajstić information content (AvgIpc) is 2.82. The number of halogens is 3. The molecule has 2 rings (SSSR count). The van der Waals surface area contributed by atoms with E-state index in [1.54, 1.807) is 0 Å². The van der Waals surface area contributed by atoms with Gasteiger partial charge in [0, 0.05) is 25.4 Å². The SMILES string of the molecule is O=C(C[C@@H](C(F)F)n1ccc(F)n1)N1CCC(O)CC1. The standard InChI is InChI=1S/C12H16F3N3O2/c13-10-3-6-18(16-10)9(12(14)15)7-11(20)17-4-1-8(19)2-5-17/h3,6,8-9,12,19H,1-2,4-5,7H2/t9-/m0/s1. The van der Waals surface area contributed by atoms with Crippen LogP contribution in [0.3, 0.4) is 0 Å². The molecular weight excluding hydrogens is 275 g/mol. The number of hydrogen-bond acceptors (Lipinski definition) is 3. The largest absolute Gasteiger partial charge is 0.393 e. The number of aliphatic hydroxyl groups is 1. The van der Waals surface area contributed by atoms with Crippen LogP contribution < -0.4 is 0 Å². The van der Waals surface area contributed by atoms with Crippen molar-refractivity contribution in [2.45, 2.75) is 37.8 Å². The van der Waals surface area contributed by atoms with Crippen LogP contribution in [0.15, 0.2) is 12.3 Å². The van der Waals surface area contributed by atoms with E-state index in [2.05, 4.69) is 5.10 Å². The van der Waals surface area contributed by atoms with Crippen LogP contribution in [0.4, 0.5) is 13.2 Å². The van der Waals surface area contributed by atoms with Crippen LogP contribution in [0.1, 0.15) is 25.3 Å². The lowest BCUT2D eigenvalue weighted by Crippen LogP contribution is -2.41. The van der Waals surface area contributed by atoms with Crippen molar-refractivity contribution in [3.8, 4) is 0 Å². The molecule has 0 unspecified atom stereocenters. The number of carbonyl (C=O) groups is 1. The zero-order chi connectivity index (χ0) is 14.7. The molecule has 1 aliphatic rings. The van der Waals surface area contributed by atoms with Gasteiger partial charge in [0.15, 0.2) is 0 Å². The molecule has 0 bridgehead atoms. The topological polar surface area (TPSA) is 58.4 Å². The van der Waals surface area contributed by atoms with E-state index >= 15 is 0 Å². The molecule has 112 valence electrons. The van der Waals surface area contributed by atoms with Crippen molar-refractivity contribution in [3.05, 3.63) is 18.2 Å². The van der Waals surface area contributed by atoms with Crippen molar-refractivity contribution >= 4 is 5.91 Å². The van der Waals surface area contributed by atoms with Gasteiger partial charge in [0.1, 0.15) is 6.04 Å². The fourth-order valence-corrected chi connectivity index (χ4v) is 2.22. The predicted octanol–water partition coefficient (Wildman–Crippen LogP) is 1.20. The molecule has 1 saturated heterocycles. The number of piperidine rings is 1. The molecule has 0 saturated carbocycles. The summed E-state index contributed by atoms with van der Waals surface area (Å²) in [5.74, 6) is -1.29. The summed E-state index contributed by atoms with van der Waals surface area (Å²) >= 11 is 0. The molecule has 1 aromatic rings. The third-order valence-electron chi connectivity index (χ3n) is 3.41. The Hall–Kier alpha value is -1.57. The van der Waals surface area contributed by atoms with Gasteiger partial charge < -0.3 is 10.0 Å². The Balaban J connectivity index is 1.99. The van der Waals surface area contributed by atoms with Crippen molar-refractivity contribution in [2.75, 3.05) is 13.1 Å². The van der Waals surface area contributed by atoms with Crippen LogP contribution >= 0.6 is 0 Å². The number of carbonyl (C=O) groups excluding carboxylic acids is 1. The minimum Gasteiger partial charge on any atom is -0.393 e. The first kappa shape index (κ1) is 14.8. The van der Waals surface area contributed by atoms with Crippen LogP contribution in [0.25, 0.3) is 0 Å². The Morgan fingerprint density at radius 1 is 1.45 bits per heavy atom. The second-order valence-corrected chi connectivity index (χ2v) is 4.84. The number of aliphatic hydroxyl groups excluding tert-OH is 1. The van der Waals surface area contributed by atoms with Gasteiger partial charge in [0.05, 0.1) is 12.5 Å². The molecular formula is C12H16F3N3O2. The van der Waals surface area contributed by atoms with Crippen molar-refractivity contribution in [1.29, 1.82) is 0 Å². The Morgan fingerprint density at radius 3 is 2.60 bits per heavy atom. The van der Waals surface area contributed by atoms with Crippen molar-refractivity contribution < 1.29 is 23.1 Å². The minimum absolute atomic E-state index is 0.351. The highest BCUT2D eigenvalue weighted by atomic mass is 19.3. The molecule has 1 atom stereocenters. The Bertz CT molecular complexity index is 459. The maximum absolute atomic E-state index is 13.0. The normalized spacial score (nSPS) is 18.6. The summed E-state index contributed by atoms with van der Waals surface area (Å²) in [6, 6.07) is -0.504. The van der Waals surface area contributed by atoms with Gasteiger partial charge in [-0.05, 0) is 12.8 Å². The first-order valence-electron chi connectivity index (χ1n) is 6.42. The lowest BCUT2D eigenvalue weighted by Gasteiger charge is -2.30. The van der Waals surface area contributed by atoms with E-state index < -0.39 is 36.8 Å². The van der Waals surface area contributed by atoms with Crippen molar-refractivity contribution in [1.82, 2.24) is 14.7 Å². The molecule has 0 radical (unpaired) electrons. The van der Waals surface area contributed by atoms with Crippen LogP contribution in [0, 0.1) is 5.95 Å². The Kier molecular flexibility index (Phi) is 4.64. The summed E-state index contributed by atoms with van der Waals surface area (Å²) < 4.78 is 39.6. The van der Waals surface area contributed by atoms with E-state index in [0.717, 1.165) is 16.9 Å². The van der Waals surface area contributed by atoms with Gasteiger partial charge in [-0.1, -0.05) is 0 Å². The van der Waals surface area contributed by atoms with Crippen LogP contribution in [-0.2, 0) is 4.79 Å². The second kappa shape index (κ2) is 6.25. The molecule has 1 aliphatic heterocycles. The number of aromatic nitrogens is 2. The van der Waals surface area contributed by atoms with E-state index in [0.29, 0.717) is 25.9 Å². The van der Waals surface area contributed by atoms with Gasteiger partial charge in [-0.25, -0.2) is 8.78 Å². The zero-order valence-electron chi connectivity index (χ0n) is 10.8. The smallest absolute Gasteiger partial charge is 0.261 e. The van der Waals surface area contributed by atoms with E-state index in [9.17, 15) is 23.1 Å². The molecule has 2 heterocycles. The molecule has 0 aromatic carbocycles. The lowest BCUT2D eigenvalue weighted by molar-refractivity contribution is -0.135. The fraction of sp³-hybridized carbons (Fsp3) is 0.667. The second-order valence-electron chi connectivity index (χ2n) is 4.84. The molecule has 1 fully saturated rings. The van der Waals surface area contributed by atoms with Crippen molar-refractivity contribution in [3.63, 3.8) is 0 Å². The Labute approximate surface area is 114 Å². The summed E-state index contributed by atoms with van der Waals surface area (Å²) in [4.78, 5) is 13.4. The van der Waals surface area contributed by atoms with Crippen LogP contribution in [0.5, 0.6) is 0 Å². The van der Waals surface area contributed by atoms with Gasteiger partial charge in [0.25, 0.3) is 6.43 Å². The van der Waals surface area contributed by atoms with Crippen molar-refractivity contribution in [2.24, 2.45) is 0 Å². The molecule has 0 spiro atoms. The minimum atomic E-state index is -2.81. The first-order chi connectivity index (χ1) is 9.47. The quantitative estimate of drug-likeness (QED) is 0.907. The maximum Gasteiger partial charge on any atom is 0.261 e. The number of hydrogen-bond donors (Lipinski definition) is 1. The third-order valence-corrected chi connectivity index (χ3v) is 3.41. The number of nitrogens with zero attached hydrogens (tertiary/aromatic N) is 3. The summed E-state index contributed by atoms with van der Waals surface area (Å²) in [5.41, 5.74) is 0. The van der Waals surface area contributed by atoms with Crippen LogP contribution in [0.2, 0.25) is 0 Å². The number of likely N-dealkylation sites (tertiary alicyclic amines) is 1. The molecule has 0 aliphatic carbocycles. The predicted molar refractivity (Wildman–Crippen MR) is 63.7 cm³/mol. The van der Waals surface area contributed by atoms with Gasteiger partial charge >= 0.3 is 0 Å². The van der Waals surface area contributed by atoms with Gasteiger partial charge in [0.2, 0.25) is 11.9 Å². The van der Waals surface area contributed by atoms with E-state index in [1.165, 1.54) is 4.90 Å². The highest BCUT2D eigenvalue weighted by Gasteiger charge is 2.30. The van der Waals surface area contributed by atoms with Gasteiger partial charge in [-0.3, -0.25) is 9.48 Å². The highest BCUT2D eigenvalue weighted by molar-refractivity contribution is 5.76. The molecule has 5 nitrogen and oxygen atoms in total. The van der Waals surface area contributed by atoms with E-state index in [1.807, 2.05) is 0 Å². The van der Waals surface area contributed by atoms with Crippen LogP contribution in [-0.4, -0.2) is 51.3 Å². The molecule has 8 heteroatoms. The summed E-state index contributed by atoms with van der Waals surface area (Å²) in [5, 5.41) is 12.6. The monoisotopic (exact) mass is 291 g/mol. The summed E-state index contributed by atoms with van der Waals surface area (Å²) in [7, 11) is 0. The molecule has 20 heavy (non-hydrogen) atoms. The Morgan fingerprint density at radius 2 is 2.10 bits per heavy atom. The average molecular weight is 291 g/mol. The van der Waals surface area contributed by atoms with E-state index in [4.69, 9.17) is 0 Å². The number of amides is 1. The molecule has 1 aromatic heterocycles. The summed E-state index contributed by atoms with van der Waals surface area (Å²) in [6.07, 6.45) is -1.70. The first-order valence-corrected chi connectivity index (χ1v) is 6.42. The van der Waals surface area contributed by atoms with E-state index in [-0.39, 0.29) is 0 Å². The number of rotatable bonds is 4. The molecule has 1 amide bonds. The number of alkyl halides is 2. The van der Waals surface area contributed by atoms with Gasteiger partial charge in [-0.2, -0.15) is 4.39 Å². The highest BCUT2D eigenvalue weighted by Crippen LogP contribution is 2.22. The maximum atomic E-state index is 13.0. The third kappa shape index (κ3) is 3.50. The molecule has 1 N–H and O–H groups in total. The zero-order valence-corrected chi connectivity index (χ0v) is 10.8. The van der Waals surface area contributed by atoms with Gasteiger partial charge in [-0.15, -0.1) is 5.10 Å².